The summed E-state index contributed by atoms with van der Waals surface area (Å²) in [5, 5.41) is 19.5. The summed E-state index contributed by atoms with van der Waals surface area (Å²) in [7, 11) is 1.63. The molecule has 0 bridgehead atoms. The van der Waals surface area contributed by atoms with E-state index in [1.807, 2.05) is 24.3 Å². The molecule has 4 N–H and O–H groups in total. The zero-order valence-electron chi connectivity index (χ0n) is 13.4. The second kappa shape index (κ2) is 6.80. The van der Waals surface area contributed by atoms with Gasteiger partial charge in [-0.25, -0.2) is 4.79 Å². The number of anilines is 1. The van der Waals surface area contributed by atoms with Gasteiger partial charge in [-0.2, -0.15) is 0 Å². The Kier molecular flexibility index (Phi) is 4.75. The molecule has 0 saturated carbocycles. The van der Waals surface area contributed by atoms with Crippen molar-refractivity contribution < 1.29 is 19.7 Å². The highest BCUT2D eigenvalue weighted by atomic mass is 32.1. The van der Waals surface area contributed by atoms with Crippen molar-refractivity contribution in [3.8, 4) is 5.75 Å². The Bertz CT molecular complexity index is 742. The first-order valence-corrected chi connectivity index (χ1v) is 8.49. The van der Waals surface area contributed by atoms with Crippen molar-refractivity contribution >= 4 is 22.3 Å². The Hall–Kier alpha value is -2.09. The van der Waals surface area contributed by atoms with Gasteiger partial charge in [0.25, 0.3) is 0 Å². The minimum absolute atomic E-state index is 0.0673. The molecule has 0 aliphatic carbocycles. The monoisotopic (exact) mass is 348 g/mol. The van der Waals surface area contributed by atoms with Crippen molar-refractivity contribution in [2.75, 3.05) is 26.0 Å². The van der Waals surface area contributed by atoms with Gasteiger partial charge in [0, 0.05) is 18.0 Å². The zero-order valence-corrected chi connectivity index (χ0v) is 14.2. The third kappa shape index (κ3) is 2.98. The van der Waals surface area contributed by atoms with Gasteiger partial charge in [0.2, 0.25) is 0 Å². The van der Waals surface area contributed by atoms with Crippen LogP contribution in [0.15, 0.2) is 24.3 Å². The van der Waals surface area contributed by atoms with Gasteiger partial charge < -0.3 is 20.7 Å². The molecule has 1 atom stereocenters. The number of aromatic carboxylic acids is 1. The number of fused-ring (bicyclic) bond motifs is 1. The largest absolute Gasteiger partial charge is 0.497 e. The number of nitrogens with zero attached hydrogens (tertiary/aromatic N) is 1. The van der Waals surface area contributed by atoms with Crippen molar-refractivity contribution in [3.63, 3.8) is 0 Å². The van der Waals surface area contributed by atoms with Crippen LogP contribution in [-0.2, 0) is 13.0 Å². The maximum absolute atomic E-state index is 11.4. The quantitative estimate of drug-likeness (QED) is 0.766. The molecule has 0 spiro atoms. The molecular weight excluding hydrogens is 328 g/mol. The number of carboxylic acid groups (broad SMARTS) is 1. The first-order chi connectivity index (χ1) is 11.5. The molecule has 2 heterocycles. The predicted molar refractivity (Wildman–Crippen MR) is 92.6 cm³/mol. The highest BCUT2D eigenvalue weighted by Gasteiger charge is 2.33. The fourth-order valence-corrected chi connectivity index (χ4v) is 4.42. The summed E-state index contributed by atoms with van der Waals surface area (Å²) < 4.78 is 5.16. The number of aliphatic hydroxyl groups excluding tert-OH is 1. The summed E-state index contributed by atoms with van der Waals surface area (Å²) >= 11 is 1.27. The number of rotatable bonds is 5. The predicted octanol–water partition coefficient (Wildman–Crippen LogP) is 2.13. The zero-order chi connectivity index (χ0) is 17.3. The van der Waals surface area contributed by atoms with Gasteiger partial charge in [0.05, 0.1) is 25.3 Å². The van der Waals surface area contributed by atoms with Crippen molar-refractivity contribution in [2.24, 2.45) is 0 Å². The standard InChI is InChI=1S/C17H20N2O4S/c1-23-11-4-2-10(3-5-11)8-19-7-6-12-14(17(21)22)16(18)24-15(12)13(19)9-20/h2-5,13,20H,6-9,18H2,1H3,(H,21,22). The lowest BCUT2D eigenvalue weighted by molar-refractivity contribution is 0.0693. The van der Waals surface area contributed by atoms with E-state index in [-0.39, 0.29) is 18.2 Å². The molecule has 0 amide bonds. The van der Waals surface area contributed by atoms with Crippen molar-refractivity contribution in [1.29, 1.82) is 0 Å². The second-order valence-electron chi connectivity index (χ2n) is 5.76. The van der Waals surface area contributed by atoms with Crippen LogP contribution in [0.3, 0.4) is 0 Å². The highest BCUT2D eigenvalue weighted by molar-refractivity contribution is 7.16. The fourth-order valence-electron chi connectivity index (χ4n) is 3.18. The van der Waals surface area contributed by atoms with Gasteiger partial charge in [0.1, 0.15) is 10.8 Å². The Morgan fingerprint density at radius 2 is 2.12 bits per heavy atom. The number of methoxy groups -OCH3 is 1. The Labute approximate surface area is 144 Å². The lowest BCUT2D eigenvalue weighted by atomic mass is 9.97. The van der Waals surface area contributed by atoms with Crippen LogP contribution < -0.4 is 10.5 Å². The molecule has 0 fully saturated rings. The van der Waals surface area contributed by atoms with Crippen molar-refractivity contribution in [2.45, 2.75) is 19.0 Å². The van der Waals surface area contributed by atoms with Crippen LogP contribution in [0.25, 0.3) is 0 Å². The maximum atomic E-state index is 11.4. The molecule has 24 heavy (non-hydrogen) atoms. The van der Waals surface area contributed by atoms with E-state index >= 15 is 0 Å². The van der Waals surface area contributed by atoms with E-state index in [4.69, 9.17) is 10.5 Å². The Morgan fingerprint density at radius 3 is 2.71 bits per heavy atom. The molecule has 7 heteroatoms. The van der Waals surface area contributed by atoms with Gasteiger partial charge in [0.15, 0.2) is 0 Å². The maximum Gasteiger partial charge on any atom is 0.338 e. The minimum Gasteiger partial charge on any atom is -0.497 e. The lowest BCUT2D eigenvalue weighted by Crippen LogP contribution is -2.36. The average molecular weight is 348 g/mol. The van der Waals surface area contributed by atoms with Crippen LogP contribution >= 0.6 is 11.3 Å². The molecule has 1 aromatic carbocycles. The first kappa shape index (κ1) is 16.8. The highest BCUT2D eigenvalue weighted by Crippen LogP contribution is 2.41. The van der Waals surface area contributed by atoms with E-state index in [1.165, 1.54) is 11.3 Å². The minimum atomic E-state index is -0.995. The second-order valence-corrected chi connectivity index (χ2v) is 6.84. The third-order valence-corrected chi connectivity index (χ3v) is 5.55. The van der Waals surface area contributed by atoms with Crippen molar-refractivity contribution in [1.82, 2.24) is 4.90 Å². The topological polar surface area (TPSA) is 96.0 Å². The summed E-state index contributed by atoms with van der Waals surface area (Å²) in [5.41, 5.74) is 7.98. The Morgan fingerprint density at radius 1 is 1.42 bits per heavy atom. The normalized spacial score (nSPS) is 17.5. The van der Waals surface area contributed by atoms with Crippen LogP contribution in [-0.4, -0.2) is 41.3 Å². The summed E-state index contributed by atoms with van der Waals surface area (Å²) in [5.74, 6) is -0.194. The molecule has 1 aromatic heterocycles. The van der Waals surface area contributed by atoms with E-state index < -0.39 is 5.97 Å². The molecule has 6 nitrogen and oxygen atoms in total. The molecule has 0 radical (unpaired) electrons. The summed E-state index contributed by atoms with van der Waals surface area (Å²) in [6, 6.07) is 7.58. The molecule has 1 unspecified atom stereocenters. The van der Waals surface area contributed by atoms with Crippen LogP contribution in [0.4, 0.5) is 5.00 Å². The van der Waals surface area contributed by atoms with Gasteiger partial charge in [-0.05, 0) is 29.7 Å². The molecule has 3 rings (SSSR count). The van der Waals surface area contributed by atoms with E-state index in [0.29, 0.717) is 24.5 Å². The number of nitrogens with two attached hydrogens (primary N) is 1. The Balaban J connectivity index is 1.86. The van der Waals surface area contributed by atoms with Crippen molar-refractivity contribution in [3.05, 3.63) is 45.8 Å². The molecular formula is C17H20N2O4S. The SMILES string of the molecule is COc1ccc(CN2CCc3c(sc(N)c3C(=O)O)C2CO)cc1. The van der Waals surface area contributed by atoms with E-state index in [1.54, 1.807) is 7.11 Å². The lowest BCUT2D eigenvalue weighted by Gasteiger charge is -2.34. The van der Waals surface area contributed by atoms with E-state index in [9.17, 15) is 15.0 Å². The number of nitrogen functional groups attached to an aromatic ring is 1. The molecule has 128 valence electrons. The fraction of sp³-hybridized carbons (Fsp3) is 0.353. The smallest absolute Gasteiger partial charge is 0.338 e. The van der Waals surface area contributed by atoms with Crippen LogP contribution in [0.2, 0.25) is 0 Å². The molecule has 0 saturated heterocycles. The number of hydrogen-bond donors (Lipinski definition) is 3. The van der Waals surface area contributed by atoms with E-state index in [0.717, 1.165) is 21.8 Å². The van der Waals surface area contributed by atoms with E-state index in [2.05, 4.69) is 4.90 Å². The van der Waals surface area contributed by atoms with Gasteiger partial charge >= 0.3 is 5.97 Å². The van der Waals surface area contributed by atoms with Gasteiger partial charge in [-0.15, -0.1) is 11.3 Å². The first-order valence-electron chi connectivity index (χ1n) is 7.67. The summed E-state index contributed by atoms with van der Waals surface area (Å²) in [6.45, 7) is 1.29. The van der Waals surface area contributed by atoms with Crippen LogP contribution in [0, 0.1) is 0 Å². The number of benzene rings is 1. The van der Waals surface area contributed by atoms with Gasteiger partial charge in [-0.3, -0.25) is 4.90 Å². The average Bonchev–Trinajstić information content (AvgIpc) is 2.91. The number of carbonyl (C=O) groups is 1. The number of aliphatic hydroxyl groups is 1. The summed E-state index contributed by atoms with van der Waals surface area (Å²) in [6.07, 6.45) is 0.622. The number of carboxylic acids is 1. The van der Waals surface area contributed by atoms with Gasteiger partial charge in [-0.1, -0.05) is 12.1 Å². The molecule has 1 aliphatic rings. The third-order valence-electron chi connectivity index (χ3n) is 4.39. The summed E-state index contributed by atoms with van der Waals surface area (Å²) in [4.78, 5) is 14.4. The number of ether oxygens (including phenoxy) is 1. The number of thiophene rings is 1. The van der Waals surface area contributed by atoms with Crippen LogP contribution in [0.5, 0.6) is 5.75 Å². The molecule has 2 aromatic rings. The number of hydrogen-bond acceptors (Lipinski definition) is 6. The van der Waals surface area contributed by atoms with Crippen LogP contribution in [0.1, 0.15) is 32.4 Å². The molecule has 1 aliphatic heterocycles.